The van der Waals surface area contributed by atoms with Crippen molar-refractivity contribution in [3.63, 3.8) is 0 Å². The Balaban J connectivity index is 1.68. The predicted octanol–water partition coefficient (Wildman–Crippen LogP) is 1.64. The van der Waals surface area contributed by atoms with Gasteiger partial charge in [0.15, 0.2) is 0 Å². The Morgan fingerprint density at radius 1 is 1.11 bits per heavy atom. The van der Waals surface area contributed by atoms with Gasteiger partial charge in [-0.1, -0.05) is 12.1 Å². The molecule has 0 atom stereocenters. The minimum Gasteiger partial charge on any atom is -0.363 e. The largest absolute Gasteiger partial charge is 0.363 e. The van der Waals surface area contributed by atoms with Crippen molar-refractivity contribution in [2.45, 2.75) is 12.7 Å². The first-order chi connectivity index (χ1) is 12.7. The maximum Gasteiger partial charge on any atom is 0.227 e. The minimum atomic E-state index is -3.50. The van der Waals surface area contributed by atoms with Gasteiger partial charge in [0, 0.05) is 52.0 Å². The van der Waals surface area contributed by atoms with Gasteiger partial charge < -0.3 is 9.80 Å². The Labute approximate surface area is 159 Å². The van der Waals surface area contributed by atoms with Crippen molar-refractivity contribution in [1.29, 1.82) is 0 Å². The second-order valence-electron chi connectivity index (χ2n) is 6.83. The molecule has 1 saturated heterocycles. The first kappa shape index (κ1) is 19.5. The number of hydrogen-bond donors (Lipinski definition) is 0. The molecule has 3 rings (SSSR count). The second kappa shape index (κ2) is 7.77. The molecule has 0 unspecified atom stereocenters. The topological polar surface area (TPSA) is 69.6 Å². The van der Waals surface area contributed by atoms with Gasteiger partial charge in [-0.05, 0) is 24.6 Å². The standard InChI is InChI=1S/C18H24FN5O2S/c1-14-11-17(22(2)3)21-18(20-14)23-7-9-24(10-8-23)27(25,26)13-15-5-4-6-16(19)12-15/h4-6,11-12H,7-10,13H2,1-3H3. The van der Waals surface area contributed by atoms with Gasteiger partial charge in [0.05, 0.1) is 5.75 Å². The van der Waals surface area contributed by atoms with Crippen molar-refractivity contribution < 1.29 is 12.8 Å². The fraction of sp³-hybridized carbons (Fsp3) is 0.444. The summed E-state index contributed by atoms with van der Waals surface area (Å²) in [7, 11) is 0.341. The Morgan fingerprint density at radius 3 is 2.44 bits per heavy atom. The predicted molar refractivity (Wildman–Crippen MR) is 104 cm³/mol. The van der Waals surface area contributed by atoms with Crippen molar-refractivity contribution in [3.05, 3.63) is 47.4 Å². The summed E-state index contributed by atoms with van der Waals surface area (Å²) in [5.74, 6) is 0.802. The number of hydrogen-bond acceptors (Lipinski definition) is 6. The molecule has 27 heavy (non-hydrogen) atoms. The number of aromatic nitrogens is 2. The molecule has 146 valence electrons. The van der Waals surface area contributed by atoms with Gasteiger partial charge in [0.2, 0.25) is 16.0 Å². The molecule has 1 aliphatic rings. The number of aryl methyl sites for hydroxylation is 1. The van der Waals surface area contributed by atoms with Crippen LogP contribution in [0.5, 0.6) is 0 Å². The van der Waals surface area contributed by atoms with Crippen LogP contribution in [-0.4, -0.2) is 63.0 Å². The molecule has 7 nitrogen and oxygen atoms in total. The fourth-order valence-corrected chi connectivity index (χ4v) is 4.51. The van der Waals surface area contributed by atoms with Crippen molar-refractivity contribution in [2.75, 3.05) is 50.1 Å². The van der Waals surface area contributed by atoms with E-state index in [0.29, 0.717) is 37.7 Å². The zero-order chi connectivity index (χ0) is 19.6. The summed E-state index contributed by atoms with van der Waals surface area (Å²) in [6.07, 6.45) is 0. The third kappa shape index (κ3) is 4.72. The summed E-state index contributed by atoms with van der Waals surface area (Å²) < 4.78 is 40.1. The maximum absolute atomic E-state index is 13.3. The third-order valence-electron chi connectivity index (χ3n) is 4.44. The van der Waals surface area contributed by atoms with Crippen LogP contribution in [0.25, 0.3) is 0 Å². The molecule has 0 aliphatic carbocycles. The van der Waals surface area contributed by atoms with E-state index in [2.05, 4.69) is 9.97 Å². The van der Waals surface area contributed by atoms with Crippen LogP contribution in [0.15, 0.2) is 30.3 Å². The highest BCUT2D eigenvalue weighted by Gasteiger charge is 2.28. The van der Waals surface area contributed by atoms with E-state index in [0.717, 1.165) is 11.5 Å². The molecule has 0 saturated carbocycles. The monoisotopic (exact) mass is 393 g/mol. The van der Waals surface area contributed by atoms with E-state index >= 15 is 0 Å². The van der Waals surface area contributed by atoms with E-state index in [1.54, 1.807) is 6.07 Å². The summed E-state index contributed by atoms with van der Waals surface area (Å²) in [6.45, 7) is 3.65. The fourth-order valence-electron chi connectivity index (χ4n) is 3.00. The van der Waals surface area contributed by atoms with Gasteiger partial charge in [-0.15, -0.1) is 0 Å². The lowest BCUT2D eigenvalue weighted by Crippen LogP contribution is -2.49. The Hall–Kier alpha value is -2.26. The summed E-state index contributed by atoms with van der Waals surface area (Å²) >= 11 is 0. The van der Waals surface area contributed by atoms with E-state index in [9.17, 15) is 12.8 Å². The Kier molecular flexibility index (Phi) is 5.61. The highest BCUT2D eigenvalue weighted by atomic mass is 32.2. The lowest BCUT2D eigenvalue weighted by molar-refractivity contribution is 0.382. The lowest BCUT2D eigenvalue weighted by atomic mass is 10.2. The Bertz CT molecular complexity index is 912. The molecule has 2 heterocycles. The van der Waals surface area contributed by atoms with Gasteiger partial charge in [-0.3, -0.25) is 0 Å². The lowest BCUT2D eigenvalue weighted by Gasteiger charge is -2.34. The van der Waals surface area contributed by atoms with E-state index < -0.39 is 15.8 Å². The first-order valence-electron chi connectivity index (χ1n) is 8.75. The molecular weight excluding hydrogens is 369 g/mol. The van der Waals surface area contributed by atoms with Gasteiger partial charge in [-0.2, -0.15) is 9.29 Å². The van der Waals surface area contributed by atoms with Crippen molar-refractivity contribution in [2.24, 2.45) is 0 Å². The van der Waals surface area contributed by atoms with Crippen molar-refractivity contribution >= 4 is 21.8 Å². The average Bonchev–Trinajstić information content (AvgIpc) is 2.61. The summed E-state index contributed by atoms with van der Waals surface area (Å²) in [5.41, 5.74) is 1.32. The van der Waals surface area contributed by atoms with Crippen LogP contribution >= 0.6 is 0 Å². The number of anilines is 2. The number of piperazine rings is 1. The number of benzene rings is 1. The average molecular weight is 393 g/mol. The van der Waals surface area contributed by atoms with Gasteiger partial charge >= 0.3 is 0 Å². The zero-order valence-corrected chi connectivity index (χ0v) is 16.6. The molecule has 2 aromatic rings. The number of halogens is 1. The van der Waals surface area contributed by atoms with Crippen LogP contribution in [-0.2, 0) is 15.8 Å². The molecule has 0 N–H and O–H groups in total. The second-order valence-corrected chi connectivity index (χ2v) is 8.80. The van der Waals surface area contributed by atoms with Crippen molar-refractivity contribution in [1.82, 2.24) is 14.3 Å². The van der Waals surface area contributed by atoms with E-state index in [1.165, 1.54) is 22.5 Å². The molecule has 1 fully saturated rings. The summed E-state index contributed by atoms with van der Waals surface area (Å²) in [6, 6.07) is 7.62. The highest BCUT2D eigenvalue weighted by molar-refractivity contribution is 7.88. The summed E-state index contributed by atoms with van der Waals surface area (Å²) in [5, 5.41) is 0. The normalized spacial score (nSPS) is 15.8. The van der Waals surface area contributed by atoms with Crippen LogP contribution in [0.2, 0.25) is 0 Å². The number of nitrogens with zero attached hydrogens (tertiary/aromatic N) is 5. The quantitative estimate of drug-likeness (QED) is 0.769. The number of rotatable bonds is 5. The van der Waals surface area contributed by atoms with Crippen LogP contribution < -0.4 is 9.80 Å². The van der Waals surface area contributed by atoms with Gasteiger partial charge in [-0.25, -0.2) is 17.8 Å². The first-order valence-corrected chi connectivity index (χ1v) is 10.4. The van der Waals surface area contributed by atoms with Crippen molar-refractivity contribution in [3.8, 4) is 0 Å². The van der Waals surface area contributed by atoms with E-state index in [4.69, 9.17) is 0 Å². The number of sulfonamides is 1. The molecule has 9 heteroatoms. The molecule has 1 aromatic carbocycles. The van der Waals surface area contributed by atoms with E-state index in [1.807, 2.05) is 36.9 Å². The molecule has 1 aromatic heterocycles. The SMILES string of the molecule is Cc1cc(N(C)C)nc(N2CCN(S(=O)(=O)Cc3cccc(F)c3)CC2)n1. The molecular formula is C18H24FN5O2S. The van der Waals surface area contributed by atoms with Crippen LogP contribution in [0.3, 0.4) is 0 Å². The van der Waals surface area contributed by atoms with Crippen LogP contribution in [0, 0.1) is 12.7 Å². The minimum absolute atomic E-state index is 0.198. The highest BCUT2D eigenvalue weighted by Crippen LogP contribution is 2.19. The molecule has 0 spiro atoms. The molecule has 1 aliphatic heterocycles. The molecule has 0 radical (unpaired) electrons. The summed E-state index contributed by atoms with van der Waals surface area (Å²) in [4.78, 5) is 12.9. The van der Waals surface area contributed by atoms with Gasteiger partial charge in [0.1, 0.15) is 11.6 Å². The molecule has 0 amide bonds. The van der Waals surface area contributed by atoms with Crippen LogP contribution in [0.1, 0.15) is 11.3 Å². The zero-order valence-electron chi connectivity index (χ0n) is 15.8. The maximum atomic E-state index is 13.3. The third-order valence-corrected chi connectivity index (χ3v) is 6.29. The van der Waals surface area contributed by atoms with Gasteiger partial charge in [0.25, 0.3) is 0 Å². The molecule has 0 bridgehead atoms. The Morgan fingerprint density at radius 2 is 1.81 bits per heavy atom. The van der Waals surface area contributed by atoms with E-state index in [-0.39, 0.29) is 5.75 Å². The van der Waals surface area contributed by atoms with Crippen LogP contribution in [0.4, 0.5) is 16.2 Å². The smallest absolute Gasteiger partial charge is 0.227 e.